The number of rotatable bonds is 15. The Morgan fingerprint density at radius 3 is 1.97 bits per heavy atom. The maximum Gasteiger partial charge on any atom is 0.192 e. The topological polar surface area (TPSA) is 47.9 Å². The maximum atomic E-state index is 9.92. The van der Waals surface area contributed by atoms with E-state index in [-0.39, 0.29) is 29.5 Å². The highest BCUT2D eigenvalue weighted by Crippen LogP contribution is 2.40. The van der Waals surface area contributed by atoms with Crippen molar-refractivity contribution < 1.29 is 19.0 Å². The van der Waals surface area contributed by atoms with E-state index in [1.165, 1.54) is 64.2 Å². The van der Waals surface area contributed by atoms with Gasteiger partial charge in [0, 0.05) is 0 Å². The largest absolute Gasteiger partial charge is 0.411 e. The zero-order valence-electron chi connectivity index (χ0n) is 22.9. The molecule has 0 radical (unpaired) electrons. The Kier molecular flexibility index (Phi) is 12.9. The lowest BCUT2D eigenvalue weighted by Gasteiger charge is -2.41. The molecule has 2 aliphatic rings. The minimum absolute atomic E-state index is 0.0459. The van der Waals surface area contributed by atoms with Crippen molar-refractivity contribution in [3.8, 4) is 0 Å². The molecule has 1 N–H and O–H groups in total. The third kappa shape index (κ3) is 10.3. The van der Waals surface area contributed by atoms with Crippen LogP contribution in [0.25, 0.3) is 0 Å². The van der Waals surface area contributed by atoms with Crippen LogP contribution in [0.1, 0.15) is 130 Å². The van der Waals surface area contributed by atoms with Crippen LogP contribution in [0.5, 0.6) is 0 Å². The van der Waals surface area contributed by atoms with Gasteiger partial charge in [-0.25, -0.2) is 0 Å². The Bertz CT molecular complexity index is 519. The molecule has 4 nitrogen and oxygen atoms in total. The number of ether oxygens (including phenoxy) is 2. The van der Waals surface area contributed by atoms with Crippen molar-refractivity contribution in [1.29, 1.82) is 0 Å². The van der Waals surface area contributed by atoms with Gasteiger partial charge >= 0.3 is 0 Å². The summed E-state index contributed by atoms with van der Waals surface area (Å²) in [6.45, 7) is 14.0. The van der Waals surface area contributed by atoms with Gasteiger partial charge < -0.3 is 19.0 Å². The molecule has 2 fully saturated rings. The molecule has 2 saturated heterocycles. The lowest BCUT2D eigenvalue weighted by molar-refractivity contribution is -0.198. The summed E-state index contributed by atoms with van der Waals surface area (Å²) in [5.74, 6) is 0. The Labute approximate surface area is 206 Å². The summed E-state index contributed by atoms with van der Waals surface area (Å²) in [5, 5.41) is 10.1. The molecule has 2 rings (SSSR count). The highest BCUT2D eigenvalue weighted by atomic mass is 28.4. The van der Waals surface area contributed by atoms with Crippen molar-refractivity contribution in [3.05, 3.63) is 0 Å². The van der Waals surface area contributed by atoms with Crippen LogP contribution >= 0.6 is 0 Å². The fourth-order valence-corrected chi connectivity index (χ4v) is 6.43. The predicted octanol–water partition coefficient (Wildman–Crippen LogP) is 8.12. The van der Waals surface area contributed by atoms with E-state index in [1.54, 1.807) is 0 Å². The van der Waals surface area contributed by atoms with Crippen LogP contribution in [0.15, 0.2) is 0 Å². The lowest BCUT2D eigenvalue weighted by atomic mass is 9.99. The van der Waals surface area contributed by atoms with Gasteiger partial charge in [-0.15, -0.1) is 0 Å². The molecular weight excluding hydrogens is 428 g/mol. The number of hydrogen-bond acceptors (Lipinski definition) is 4. The quantitative estimate of drug-likeness (QED) is 0.188. The van der Waals surface area contributed by atoms with Gasteiger partial charge in [-0.1, -0.05) is 91.9 Å². The van der Waals surface area contributed by atoms with Gasteiger partial charge in [0.2, 0.25) is 0 Å². The first-order chi connectivity index (χ1) is 15.6. The molecule has 0 aromatic carbocycles. The van der Waals surface area contributed by atoms with Crippen LogP contribution in [0, 0.1) is 0 Å². The third-order valence-corrected chi connectivity index (χ3v) is 12.8. The van der Waals surface area contributed by atoms with E-state index in [9.17, 15) is 5.11 Å². The highest BCUT2D eigenvalue weighted by molar-refractivity contribution is 6.74. The van der Waals surface area contributed by atoms with Crippen molar-refractivity contribution >= 4 is 8.32 Å². The number of aliphatic hydroxyl groups is 1. The Balaban J connectivity index is 1.80. The first-order valence-corrected chi connectivity index (χ1v) is 17.2. The zero-order chi connectivity index (χ0) is 24.3. The summed E-state index contributed by atoms with van der Waals surface area (Å²) < 4.78 is 19.3. The van der Waals surface area contributed by atoms with Crippen LogP contribution in [-0.2, 0) is 13.9 Å². The average molecular weight is 485 g/mol. The van der Waals surface area contributed by atoms with Crippen LogP contribution < -0.4 is 0 Å². The molecule has 0 spiro atoms. The molecule has 0 bridgehead atoms. The highest BCUT2D eigenvalue weighted by Gasteiger charge is 2.43. The van der Waals surface area contributed by atoms with Crippen LogP contribution in [0.3, 0.4) is 0 Å². The van der Waals surface area contributed by atoms with Gasteiger partial charge in [0.15, 0.2) is 14.6 Å². The predicted molar refractivity (Wildman–Crippen MR) is 141 cm³/mol. The third-order valence-electron chi connectivity index (χ3n) is 8.28. The number of hydrogen-bond donors (Lipinski definition) is 1. The summed E-state index contributed by atoms with van der Waals surface area (Å²) in [6.07, 6.45) is 19.5. The zero-order valence-corrected chi connectivity index (χ0v) is 23.9. The van der Waals surface area contributed by atoms with Gasteiger partial charge in [-0.2, -0.15) is 0 Å². The molecule has 0 aromatic rings. The van der Waals surface area contributed by atoms with E-state index in [2.05, 4.69) is 40.8 Å². The van der Waals surface area contributed by atoms with Crippen molar-refractivity contribution in [3.63, 3.8) is 0 Å². The molecule has 0 amide bonds. The second-order valence-electron chi connectivity index (χ2n) is 12.2. The Morgan fingerprint density at radius 2 is 1.39 bits per heavy atom. The van der Waals surface area contributed by atoms with Gasteiger partial charge in [0.05, 0.1) is 24.4 Å². The van der Waals surface area contributed by atoms with Gasteiger partial charge in [-0.3, -0.25) is 0 Å². The van der Waals surface area contributed by atoms with E-state index >= 15 is 0 Å². The summed E-state index contributed by atoms with van der Waals surface area (Å²) in [7, 11) is -1.86. The summed E-state index contributed by atoms with van der Waals surface area (Å²) in [5.41, 5.74) is 0. The van der Waals surface area contributed by atoms with Crippen LogP contribution in [0.4, 0.5) is 0 Å². The fraction of sp³-hybridized carbons (Fsp3) is 1.00. The molecule has 0 saturated carbocycles. The van der Waals surface area contributed by atoms with Crippen LogP contribution in [-0.4, -0.2) is 44.1 Å². The maximum absolute atomic E-state index is 9.92. The van der Waals surface area contributed by atoms with Crippen molar-refractivity contribution in [2.75, 3.05) is 0 Å². The lowest BCUT2D eigenvalue weighted by Crippen LogP contribution is -2.47. The molecule has 1 unspecified atom stereocenters. The van der Waals surface area contributed by atoms with Crippen molar-refractivity contribution in [2.45, 2.75) is 179 Å². The van der Waals surface area contributed by atoms with E-state index in [0.717, 1.165) is 38.5 Å². The first-order valence-electron chi connectivity index (χ1n) is 14.3. The molecule has 0 aromatic heterocycles. The first kappa shape index (κ1) is 29.3. The summed E-state index contributed by atoms with van der Waals surface area (Å²) in [4.78, 5) is 0. The molecular formula is C28H56O4Si. The number of aliphatic hydroxyl groups excluding tert-OH is 1. The SMILES string of the molecule is CCCCCCCCCCCC[C@@H](O[Si](C)(C)C(C)(C)C)[C@H]1CC[C@H]([C@H]2CCCC(O)O2)O1. The molecule has 5 atom stereocenters. The summed E-state index contributed by atoms with van der Waals surface area (Å²) in [6, 6.07) is 0. The standard InChI is InChI=1S/C28H56O4Si/c1-7-8-9-10-11-12-13-14-15-16-18-26(32-33(5,6)28(2,3)4)25-22-21-24(30-25)23-19-17-20-27(29)31-23/h23-27,29H,7-22H2,1-6H3/t23-,24-,25-,26-,27?/m1/s1. The minimum atomic E-state index is -1.86. The Hall–Kier alpha value is 0.0569. The molecule has 2 heterocycles. The normalized spacial score (nSPS) is 27.7. The number of unbranched alkanes of at least 4 members (excludes halogenated alkanes) is 9. The molecule has 196 valence electrons. The van der Waals surface area contributed by atoms with Gasteiger partial charge in [0.25, 0.3) is 0 Å². The average Bonchev–Trinajstić information content (AvgIpc) is 3.23. The summed E-state index contributed by atoms with van der Waals surface area (Å²) >= 11 is 0. The minimum Gasteiger partial charge on any atom is -0.411 e. The molecule has 0 aliphatic carbocycles. The second kappa shape index (κ2) is 14.6. The van der Waals surface area contributed by atoms with Gasteiger partial charge in [0.1, 0.15) is 0 Å². The monoisotopic (exact) mass is 484 g/mol. The molecule has 33 heavy (non-hydrogen) atoms. The van der Waals surface area contributed by atoms with Crippen molar-refractivity contribution in [2.24, 2.45) is 0 Å². The molecule has 5 heteroatoms. The van der Waals surface area contributed by atoms with E-state index in [4.69, 9.17) is 13.9 Å². The van der Waals surface area contributed by atoms with E-state index in [1.807, 2.05) is 0 Å². The van der Waals surface area contributed by atoms with Crippen molar-refractivity contribution in [1.82, 2.24) is 0 Å². The smallest absolute Gasteiger partial charge is 0.192 e. The molecule has 2 aliphatic heterocycles. The van der Waals surface area contributed by atoms with Gasteiger partial charge in [-0.05, 0) is 56.7 Å². The fourth-order valence-electron chi connectivity index (χ4n) is 5.05. The van der Waals surface area contributed by atoms with E-state index in [0.29, 0.717) is 0 Å². The second-order valence-corrected chi connectivity index (χ2v) is 17.0. The Morgan fingerprint density at radius 1 is 0.818 bits per heavy atom. The van der Waals surface area contributed by atoms with Crippen LogP contribution in [0.2, 0.25) is 18.1 Å². The van der Waals surface area contributed by atoms with E-state index < -0.39 is 14.6 Å².